The van der Waals surface area contributed by atoms with Gasteiger partial charge in [-0.25, -0.2) is 0 Å². The van der Waals surface area contributed by atoms with Crippen LogP contribution in [0.2, 0.25) is 0 Å². The van der Waals surface area contributed by atoms with E-state index in [2.05, 4.69) is 5.32 Å². The minimum Gasteiger partial charge on any atom is -0.316 e. The zero-order valence-corrected chi connectivity index (χ0v) is 10.2. The number of fused-ring (bicyclic) bond motifs is 3. The molecule has 0 amide bonds. The van der Waals surface area contributed by atoms with Gasteiger partial charge in [0.05, 0.1) is 4.92 Å². The van der Waals surface area contributed by atoms with Crippen molar-refractivity contribution in [1.29, 1.82) is 0 Å². The molecule has 2 atom stereocenters. The van der Waals surface area contributed by atoms with Gasteiger partial charge in [0.1, 0.15) is 0 Å². The molecule has 2 heterocycles. The van der Waals surface area contributed by atoms with Crippen molar-refractivity contribution >= 4 is 18.1 Å². The van der Waals surface area contributed by atoms with Gasteiger partial charge in [-0.15, -0.1) is 12.4 Å². The van der Waals surface area contributed by atoms with Crippen molar-refractivity contribution < 1.29 is 4.92 Å². The minimum absolute atomic E-state index is 0. The zero-order chi connectivity index (χ0) is 11.1. The van der Waals surface area contributed by atoms with Crippen LogP contribution in [0.3, 0.4) is 0 Å². The molecule has 5 heteroatoms. The summed E-state index contributed by atoms with van der Waals surface area (Å²) < 4.78 is 0. The molecule has 1 fully saturated rings. The highest BCUT2D eigenvalue weighted by atomic mass is 35.5. The molecule has 4 rings (SSSR count). The van der Waals surface area contributed by atoms with Gasteiger partial charge in [-0.1, -0.05) is 6.07 Å². The molecule has 92 valence electrons. The van der Waals surface area contributed by atoms with E-state index in [9.17, 15) is 10.1 Å². The Bertz CT molecular complexity index is 446. The summed E-state index contributed by atoms with van der Waals surface area (Å²) in [5, 5.41) is 14.2. The normalized spacial score (nSPS) is 25.6. The average Bonchev–Trinajstić information content (AvgIpc) is 2.62. The van der Waals surface area contributed by atoms with Gasteiger partial charge in [0.2, 0.25) is 0 Å². The molecule has 0 aromatic heterocycles. The highest BCUT2D eigenvalue weighted by molar-refractivity contribution is 5.85. The van der Waals surface area contributed by atoms with Crippen molar-refractivity contribution in [3.8, 4) is 0 Å². The Labute approximate surface area is 106 Å². The van der Waals surface area contributed by atoms with Crippen LogP contribution < -0.4 is 5.32 Å². The fraction of sp³-hybridized carbons (Fsp3) is 0.500. The van der Waals surface area contributed by atoms with Crippen LogP contribution in [-0.2, 0) is 0 Å². The van der Waals surface area contributed by atoms with Gasteiger partial charge in [-0.3, -0.25) is 10.1 Å². The predicted octanol–water partition coefficient (Wildman–Crippen LogP) is 2.58. The van der Waals surface area contributed by atoms with Crippen LogP contribution in [-0.4, -0.2) is 18.0 Å². The van der Waals surface area contributed by atoms with Gasteiger partial charge in [0.15, 0.2) is 0 Å². The molecule has 1 aliphatic carbocycles. The van der Waals surface area contributed by atoms with Crippen LogP contribution in [0, 0.1) is 10.1 Å². The zero-order valence-electron chi connectivity index (χ0n) is 9.39. The van der Waals surface area contributed by atoms with Crippen molar-refractivity contribution in [3.05, 3.63) is 39.4 Å². The molecular weight excluding hydrogens is 240 g/mol. The van der Waals surface area contributed by atoms with E-state index < -0.39 is 0 Å². The molecule has 2 unspecified atom stereocenters. The highest BCUT2D eigenvalue weighted by Gasteiger charge is 2.31. The number of benzene rings is 1. The van der Waals surface area contributed by atoms with Gasteiger partial charge in [0.25, 0.3) is 5.69 Å². The third-order valence-electron chi connectivity index (χ3n) is 3.81. The number of hydrogen-bond acceptors (Lipinski definition) is 3. The Hall–Kier alpha value is -1.13. The van der Waals surface area contributed by atoms with E-state index in [1.165, 1.54) is 17.5 Å². The predicted molar refractivity (Wildman–Crippen MR) is 67.9 cm³/mol. The van der Waals surface area contributed by atoms with Crippen molar-refractivity contribution in [1.82, 2.24) is 5.32 Å². The summed E-state index contributed by atoms with van der Waals surface area (Å²) in [6.07, 6.45) is 2.37. The average molecular weight is 255 g/mol. The van der Waals surface area contributed by atoms with E-state index in [0.29, 0.717) is 11.8 Å². The maximum absolute atomic E-state index is 10.8. The summed E-state index contributed by atoms with van der Waals surface area (Å²) in [5.74, 6) is 1.02. The molecule has 1 aromatic rings. The lowest BCUT2D eigenvalue weighted by atomic mass is 9.78. The lowest BCUT2D eigenvalue weighted by molar-refractivity contribution is -0.385. The van der Waals surface area contributed by atoms with Gasteiger partial charge < -0.3 is 5.32 Å². The SMILES string of the molecule is Cl.O=[N+]([O-])c1ccc2c(c1)C1CCC2CNC1. The lowest BCUT2D eigenvalue weighted by Crippen LogP contribution is -2.18. The molecule has 0 spiro atoms. The Kier molecular flexibility index (Phi) is 3.35. The first-order chi connectivity index (χ1) is 7.75. The first-order valence-corrected chi connectivity index (χ1v) is 5.74. The second-order valence-electron chi connectivity index (χ2n) is 4.70. The van der Waals surface area contributed by atoms with Crippen LogP contribution >= 0.6 is 12.4 Å². The number of non-ortho nitro benzene ring substituents is 1. The lowest BCUT2D eigenvalue weighted by Gasteiger charge is -2.26. The smallest absolute Gasteiger partial charge is 0.269 e. The van der Waals surface area contributed by atoms with Gasteiger partial charge in [0, 0.05) is 25.2 Å². The molecule has 4 nitrogen and oxygen atoms in total. The topological polar surface area (TPSA) is 55.2 Å². The molecule has 0 radical (unpaired) electrons. The second-order valence-corrected chi connectivity index (χ2v) is 4.70. The van der Waals surface area contributed by atoms with E-state index in [-0.39, 0.29) is 23.0 Å². The molecular formula is C12H15ClN2O2. The molecule has 1 aromatic carbocycles. The Morgan fingerprint density at radius 2 is 1.82 bits per heavy atom. The fourth-order valence-corrected chi connectivity index (χ4v) is 2.97. The van der Waals surface area contributed by atoms with E-state index in [0.717, 1.165) is 19.5 Å². The van der Waals surface area contributed by atoms with Crippen molar-refractivity contribution in [2.45, 2.75) is 24.7 Å². The van der Waals surface area contributed by atoms with Crippen molar-refractivity contribution in [2.24, 2.45) is 0 Å². The van der Waals surface area contributed by atoms with E-state index in [4.69, 9.17) is 0 Å². The standard InChI is InChI=1S/C12H14N2O2.ClH/c15-14(16)10-3-4-11-8-1-2-9(7-13-6-8)12(11)5-10;/h3-5,8-9,13H,1-2,6-7H2;1H. The van der Waals surface area contributed by atoms with Gasteiger partial charge in [-0.2, -0.15) is 0 Å². The molecule has 1 N–H and O–H groups in total. The summed E-state index contributed by atoms with van der Waals surface area (Å²) in [4.78, 5) is 10.5. The largest absolute Gasteiger partial charge is 0.316 e. The molecule has 0 saturated carbocycles. The quantitative estimate of drug-likeness (QED) is 0.619. The number of nitrogens with zero attached hydrogens (tertiary/aromatic N) is 1. The van der Waals surface area contributed by atoms with Crippen molar-refractivity contribution in [3.63, 3.8) is 0 Å². The number of nitro groups is 1. The van der Waals surface area contributed by atoms with Crippen LogP contribution in [0.4, 0.5) is 5.69 Å². The summed E-state index contributed by atoms with van der Waals surface area (Å²) in [7, 11) is 0. The van der Waals surface area contributed by atoms with Gasteiger partial charge >= 0.3 is 0 Å². The first kappa shape index (κ1) is 12.3. The van der Waals surface area contributed by atoms with Crippen LogP contribution in [0.25, 0.3) is 0 Å². The number of halogens is 1. The summed E-state index contributed by atoms with van der Waals surface area (Å²) >= 11 is 0. The second kappa shape index (κ2) is 4.63. The maximum atomic E-state index is 10.8. The number of nitro benzene ring substituents is 1. The Morgan fingerprint density at radius 3 is 2.47 bits per heavy atom. The molecule has 2 aliphatic heterocycles. The Balaban J connectivity index is 0.00000108. The van der Waals surface area contributed by atoms with E-state index in [1.54, 1.807) is 12.1 Å². The molecule has 1 saturated heterocycles. The first-order valence-electron chi connectivity index (χ1n) is 5.74. The van der Waals surface area contributed by atoms with Crippen molar-refractivity contribution in [2.75, 3.05) is 13.1 Å². The third kappa shape index (κ3) is 2.03. The maximum Gasteiger partial charge on any atom is 0.269 e. The summed E-state index contributed by atoms with van der Waals surface area (Å²) in [6, 6.07) is 5.37. The fourth-order valence-electron chi connectivity index (χ4n) is 2.97. The molecule has 2 bridgehead atoms. The number of nitrogens with one attached hydrogen (secondary N) is 1. The van der Waals surface area contributed by atoms with Crippen LogP contribution in [0.15, 0.2) is 18.2 Å². The van der Waals surface area contributed by atoms with E-state index >= 15 is 0 Å². The monoisotopic (exact) mass is 254 g/mol. The number of rotatable bonds is 1. The highest BCUT2D eigenvalue weighted by Crippen LogP contribution is 2.41. The third-order valence-corrected chi connectivity index (χ3v) is 3.81. The van der Waals surface area contributed by atoms with Crippen LogP contribution in [0.5, 0.6) is 0 Å². The van der Waals surface area contributed by atoms with Gasteiger partial charge in [-0.05, 0) is 35.8 Å². The number of hydrogen-bond donors (Lipinski definition) is 1. The molecule has 17 heavy (non-hydrogen) atoms. The minimum atomic E-state index is -0.299. The Morgan fingerprint density at radius 1 is 1.18 bits per heavy atom. The van der Waals surface area contributed by atoms with E-state index in [1.807, 2.05) is 6.07 Å². The molecule has 3 aliphatic rings. The summed E-state index contributed by atoms with van der Waals surface area (Å²) in [6.45, 7) is 1.98. The summed E-state index contributed by atoms with van der Waals surface area (Å²) in [5.41, 5.74) is 2.76. The van der Waals surface area contributed by atoms with Crippen LogP contribution in [0.1, 0.15) is 35.8 Å².